The first-order valence-electron chi connectivity index (χ1n) is 4.95. The third-order valence-electron chi connectivity index (χ3n) is 2.27. The van der Waals surface area contributed by atoms with E-state index >= 15 is 0 Å². The minimum absolute atomic E-state index is 0.846. The molecule has 0 aliphatic carbocycles. The van der Waals surface area contributed by atoms with E-state index < -0.39 is 0 Å². The van der Waals surface area contributed by atoms with Crippen LogP contribution in [0, 0.1) is 6.92 Å². The minimum Gasteiger partial charge on any atom is -0.399 e. The zero-order valence-electron chi connectivity index (χ0n) is 8.91. The van der Waals surface area contributed by atoms with Crippen molar-refractivity contribution in [2.24, 2.45) is 0 Å². The van der Waals surface area contributed by atoms with E-state index in [4.69, 9.17) is 5.73 Å². The summed E-state index contributed by atoms with van der Waals surface area (Å²) in [4.78, 5) is 2.43. The van der Waals surface area contributed by atoms with E-state index in [0.29, 0.717) is 0 Å². The summed E-state index contributed by atoms with van der Waals surface area (Å²) in [6.45, 7) is 2.03. The van der Waals surface area contributed by atoms with Crippen LogP contribution >= 0.6 is 27.7 Å². The molecule has 2 aromatic carbocycles. The van der Waals surface area contributed by atoms with Gasteiger partial charge in [-0.2, -0.15) is 0 Å². The Labute approximate surface area is 108 Å². The molecule has 0 unspecified atom stereocenters. The summed E-state index contributed by atoms with van der Waals surface area (Å²) >= 11 is 5.21. The van der Waals surface area contributed by atoms with Crippen molar-refractivity contribution in [2.75, 3.05) is 5.73 Å². The van der Waals surface area contributed by atoms with Crippen LogP contribution in [-0.2, 0) is 0 Å². The van der Waals surface area contributed by atoms with E-state index in [-0.39, 0.29) is 0 Å². The molecular formula is C13H12BrNS. The highest BCUT2D eigenvalue weighted by Gasteiger charge is 2.00. The summed E-state index contributed by atoms with van der Waals surface area (Å²) in [5.41, 5.74) is 7.76. The van der Waals surface area contributed by atoms with E-state index in [1.165, 1.54) is 9.79 Å². The van der Waals surface area contributed by atoms with Gasteiger partial charge in [0.25, 0.3) is 0 Å². The summed E-state index contributed by atoms with van der Waals surface area (Å²) < 4.78 is 1.10. The van der Waals surface area contributed by atoms with Gasteiger partial charge in [0.2, 0.25) is 0 Å². The van der Waals surface area contributed by atoms with Gasteiger partial charge in [-0.3, -0.25) is 0 Å². The highest BCUT2D eigenvalue weighted by molar-refractivity contribution is 9.10. The Morgan fingerprint density at radius 1 is 1.06 bits per heavy atom. The van der Waals surface area contributed by atoms with E-state index in [1.807, 2.05) is 31.2 Å². The molecule has 2 rings (SSSR count). The van der Waals surface area contributed by atoms with Crippen LogP contribution < -0.4 is 5.73 Å². The maximum atomic E-state index is 5.79. The van der Waals surface area contributed by atoms with Crippen LogP contribution in [0.4, 0.5) is 5.69 Å². The Kier molecular flexibility index (Phi) is 3.56. The maximum Gasteiger partial charge on any atom is 0.0344 e. The summed E-state index contributed by atoms with van der Waals surface area (Å²) in [5, 5.41) is 0. The van der Waals surface area contributed by atoms with Gasteiger partial charge in [-0.05, 0) is 48.9 Å². The minimum atomic E-state index is 0.846. The monoisotopic (exact) mass is 293 g/mol. The molecule has 3 heteroatoms. The fourth-order valence-electron chi connectivity index (χ4n) is 1.38. The van der Waals surface area contributed by atoms with E-state index in [1.54, 1.807) is 11.8 Å². The predicted molar refractivity (Wildman–Crippen MR) is 73.9 cm³/mol. The smallest absolute Gasteiger partial charge is 0.0344 e. The second kappa shape index (κ2) is 4.93. The summed E-state index contributed by atoms with van der Waals surface area (Å²) in [6.07, 6.45) is 0. The first-order valence-corrected chi connectivity index (χ1v) is 6.55. The van der Waals surface area contributed by atoms with Crippen LogP contribution in [0.3, 0.4) is 0 Å². The van der Waals surface area contributed by atoms with Gasteiger partial charge in [0.05, 0.1) is 0 Å². The van der Waals surface area contributed by atoms with Crippen molar-refractivity contribution in [3.63, 3.8) is 0 Å². The third kappa shape index (κ3) is 2.80. The van der Waals surface area contributed by atoms with Gasteiger partial charge in [-0.15, -0.1) is 0 Å². The predicted octanol–water partition coefficient (Wildman–Crippen LogP) is 4.49. The quantitative estimate of drug-likeness (QED) is 0.826. The fraction of sp³-hybridized carbons (Fsp3) is 0.0769. The summed E-state index contributed by atoms with van der Waals surface area (Å²) in [6, 6.07) is 14.4. The van der Waals surface area contributed by atoms with E-state index in [9.17, 15) is 0 Å². The number of aryl methyl sites for hydroxylation is 1. The molecule has 0 amide bonds. The Morgan fingerprint density at radius 3 is 2.50 bits per heavy atom. The molecule has 0 heterocycles. The molecule has 2 aromatic rings. The number of rotatable bonds is 2. The third-order valence-corrected chi connectivity index (χ3v) is 3.75. The van der Waals surface area contributed by atoms with Crippen LogP contribution in [0.2, 0.25) is 0 Å². The zero-order chi connectivity index (χ0) is 11.5. The topological polar surface area (TPSA) is 26.0 Å². The van der Waals surface area contributed by atoms with Crippen LogP contribution in [-0.4, -0.2) is 0 Å². The molecule has 0 fully saturated rings. The van der Waals surface area contributed by atoms with Crippen LogP contribution in [0.15, 0.2) is 56.7 Å². The van der Waals surface area contributed by atoms with Crippen LogP contribution in [0.25, 0.3) is 0 Å². The SMILES string of the molecule is Cc1cc(Sc2cccc(Br)c2)ccc1N. The van der Waals surface area contributed by atoms with E-state index in [2.05, 4.69) is 34.1 Å². The lowest BCUT2D eigenvalue weighted by Gasteiger charge is -2.05. The number of hydrogen-bond donors (Lipinski definition) is 1. The number of benzene rings is 2. The fourth-order valence-corrected chi connectivity index (χ4v) is 2.91. The Balaban J connectivity index is 2.24. The van der Waals surface area contributed by atoms with Gasteiger partial charge in [-0.1, -0.05) is 33.8 Å². The van der Waals surface area contributed by atoms with Crippen LogP contribution in [0.1, 0.15) is 5.56 Å². The molecule has 82 valence electrons. The first kappa shape index (κ1) is 11.6. The molecule has 0 aromatic heterocycles. The van der Waals surface area contributed by atoms with Crippen molar-refractivity contribution < 1.29 is 0 Å². The number of hydrogen-bond acceptors (Lipinski definition) is 2. The lowest BCUT2D eigenvalue weighted by molar-refractivity contribution is 1.34. The van der Waals surface area contributed by atoms with Crippen molar-refractivity contribution in [1.82, 2.24) is 0 Å². The number of anilines is 1. The highest BCUT2D eigenvalue weighted by atomic mass is 79.9. The van der Waals surface area contributed by atoms with Crippen LogP contribution in [0.5, 0.6) is 0 Å². The molecule has 0 saturated carbocycles. The van der Waals surface area contributed by atoms with Gasteiger partial charge in [0.1, 0.15) is 0 Å². The molecule has 0 aliphatic rings. The van der Waals surface area contributed by atoms with Crippen molar-refractivity contribution in [1.29, 1.82) is 0 Å². The molecule has 0 bridgehead atoms. The largest absolute Gasteiger partial charge is 0.399 e. The maximum absolute atomic E-state index is 5.79. The molecule has 16 heavy (non-hydrogen) atoms. The molecule has 0 spiro atoms. The van der Waals surface area contributed by atoms with Crippen molar-refractivity contribution in [2.45, 2.75) is 16.7 Å². The number of nitrogen functional groups attached to an aromatic ring is 1. The first-order chi connectivity index (χ1) is 7.65. The summed E-state index contributed by atoms with van der Waals surface area (Å²) in [7, 11) is 0. The van der Waals surface area contributed by atoms with Crippen molar-refractivity contribution >= 4 is 33.4 Å². The number of nitrogens with two attached hydrogens (primary N) is 1. The van der Waals surface area contributed by atoms with Gasteiger partial charge in [0, 0.05) is 20.0 Å². The molecular weight excluding hydrogens is 282 g/mol. The lowest BCUT2D eigenvalue weighted by atomic mass is 10.2. The average Bonchev–Trinajstić information content (AvgIpc) is 2.24. The average molecular weight is 294 g/mol. The lowest BCUT2D eigenvalue weighted by Crippen LogP contribution is -1.88. The number of halogens is 1. The van der Waals surface area contributed by atoms with Gasteiger partial charge < -0.3 is 5.73 Å². The van der Waals surface area contributed by atoms with E-state index in [0.717, 1.165) is 15.7 Å². The van der Waals surface area contributed by atoms with Crippen molar-refractivity contribution in [3.05, 3.63) is 52.5 Å². The zero-order valence-corrected chi connectivity index (χ0v) is 11.3. The molecule has 0 radical (unpaired) electrons. The molecule has 0 atom stereocenters. The van der Waals surface area contributed by atoms with Gasteiger partial charge >= 0.3 is 0 Å². The molecule has 2 N–H and O–H groups in total. The second-order valence-corrected chi connectivity index (χ2v) is 5.64. The molecule has 1 nitrogen and oxygen atoms in total. The highest BCUT2D eigenvalue weighted by Crippen LogP contribution is 2.30. The van der Waals surface area contributed by atoms with Gasteiger partial charge in [-0.25, -0.2) is 0 Å². The van der Waals surface area contributed by atoms with Gasteiger partial charge in [0.15, 0.2) is 0 Å². The van der Waals surface area contributed by atoms with Crippen molar-refractivity contribution in [3.8, 4) is 0 Å². The standard InChI is InChI=1S/C13H12BrNS/c1-9-7-12(5-6-13(9)15)16-11-4-2-3-10(14)8-11/h2-8H,15H2,1H3. The second-order valence-electron chi connectivity index (χ2n) is 3.58. The Hall–Kier alpha value is -0.930. The molecule has 0 aliphatic heterocycles. The molecule has 0 saturated heterocycles. The Bertz CT molecular complexity index is 511. The normalized spacial score (nSPS) is 10.4. The Morgan fingerprint density at radius 2 is 1.81 bits per heavy atom. The summed E-state index contributed by atoms with van der Waals surface area (Å²) in [5.74, 6) is 0.